The SMILES string of the molecule is COc1cccc2c1[C@@H]1C=C[C@H]2O1. The van der Waals surface area contributed by atoms with Crippen molar-refractivity contribution in [3.05, 3.63) is 41.5 Å². The van der Waals surface area contributed by atoms with Crippen LogP contribution in [0.15, 0.2) is 30.4 Å². The van der Waals surface area contributed by atoms with E-state index in [0.717, 1.165) is 5.75 Å². The van der Waals surface area contributed by atoms with E-state index in [1.807, 2.05) is 12.1 Å². The molecule has 0 aliphatic carbocycles. The van der Waals surface area contributed by atoms with Crippen molar-refractivity contribution in [2.24, 2.45) is 0 Å². The largest absolute Gasteiger partial charge is 0.496 e. The molecule has 13 heavy (non-hydrogen) atoms. The lowest BCUT2D eigenvalue weighted by Crippen LogP contribution is -1.96. The van der Waals surface area contributed by atoms with Crippen molar-refractivity contribution in [3.8, 4) is 5.75 Å². The van der Waals surface area contributed by atoms with Crippen LogP contribution in [0.5, 0.6) is 5.75 Å². The average Bonchev–Trinajstić information content (AvgIpc) is 2.77. The molecule has 2 nitrogen and oxygen atoms in total. The molecule has 0 unspecified atom stereocenters. The molecule has 2 heterocycles. The predicted octanol–water partition coefficient (Wildman–Crippen LogP) is 2.38. The quantitative estimate of drug-likeness (QED) is 0.608. The third kappa shape index (κ3) is 0.810. The van der Waals surface area contributed by atoms with Crippen LogP contribution in [-0.2, 0) is 4.74 Å². The van der Waals surface area contributed by atoms with Crippen LogP contribution in [0.4, 0.5) is 0 Å². The van der Waals surface area contributed by atoms with Gasteiger partial charge in [0.05, 0.1) is 7.11 Å². The highest BCUT2D eigenvalue weighted by atomic mass is 16.5. The summed E-state index contributed by atoms with van der Waals surface area (Å²) in [6.07, 6.45) is 4.48. The second-order valence-corrected chi connectivity index (χ2v) is 3.33. The summed E-state index contributed by atoms with van der Waals surface area (Å²) < 4.78 is 11.0. The monoisotopic (exact) mass is 174 g/mol. The van der Waals surface area contributed by atoms with Crippen LogP contribution < -0.4 is 4.74 Å². The molecule has 0 radical (unpaired) electrons. The highest BCUT2D eigenvalue weighted by Crippen LogP contribution is 2.49. The zero-order valence-electron chi connectivity index (χ0n) is 7.36. The van der Waals surface area contributed by atoms with Gasteiger partial charge in [0.2, 0.25) is 0 Å². The Morgan fingerprint density at radius 2 is 2.08 bits per heavy atom. The Morgan fingerprint density at radius 3 is 2.92 bits per heavy atom. The van der Waals surface area contributed by atoms with E-state index in [9.17, 15) is 0 Å². The molecule has 0 fully saturated rings. The van der Waals surface area contributed by atoms with Crippen molar-refractivity contribution in [2.45, 2.75) is 12.2 Å². The van der Waals surface area contributed by atoms with E-state index in [0.29, 0.717) is 0 Å². The fraction of sp³-hybridized carbons (Fsp3) is 0.273. The summed E-state index contributed by atoms with van der Waals surface area (Å²) in [5.74, 6) is 0.939. The topological polar surface area (TPSA) is 18.5 Å². The Balaban J connectivity index is 2.23. The number of methoxy groups -OCH3 is 1. The lowest BCUT2D eigenvalue weighted by molar-refractivity contribution is 0.0870. The van der Waals surface area contributed by atoms with Gasteiger partial charge in [-0.15, -0.1) is 0 Å². The fourth-order valence-corrected chi connectivity index (χ4v) is 2.08. The number of hydrogen-bond donors (Lipinski definition) is 0. The summed E-state index contributed by atoms with van der Waals surface area (Å²) in [5, 5.41) is 0. The molecule has 2 aliphatic heterocycles. The maximum atomic E-state index is 5.69. The molecular formula is C11H10O2. The van der Waals surface area contributed by atoms with Crippen LogP contribution in [-0.4, -0.2) is 7.11 Å². The Labute approximate surface area is 76.8 Å². The number of rotatable bonds is 1. The first kappa shape index (κ1) is 7.15. The van der Waals surface area contributed by atoms with Gasteiger partial charge in [-0.3, -0.25) is 0 Å². The second-order valence-electron chi connectivity index (χ2n) is 3.33. The molecule has 66 valence electrons. The summed E-state index contributed by atoms with van der Waals surface area (Å²) >= 11 is 0. The number of fused-ring (bicyclic) bond motifs is 5. The Hall–Kier alpha value is -1.28. The summed E-state index contributed by atoms with van der Waals surface area (Å²) in [4.78, 5) is 0. The third-order valence-electron chi connectivity index (χ3n) is 2.66. The zero-order chi connectivity index (χ0) is 8.84. The van der Waals surface area contributed by atoms with Crippen molar-refractivity contribution in [1.29, 1.82) is 0 Å². The number of ether oxygens (including phenoxy) is 2. The van der Waals surface area contributed by atoms with E-state index in [-0.39, 0.29) is 12.2 Å². The van der Waals surface area contributed by atoms with E-state index in [1.54, 1.807) is 7.11 Å². The molecule has 2 bridgehead atoms. The van der Waals surface area contributed by atoms with Gasteiger partial charge < -0.3 is 9.47 Å². The molecule has 2 atom stereocenters. The van der Waals surface area contributed by atoms with E-state index in [4.69, 9.17) is 9.47 Å². The van der Waals surface area contributed by atoms with Crippen molar-refractivity contribution >= 4 is 0 Å². The van der Waals surface area contributed by atoms with Crippen LogP contribution in [0.1, 0.15) is 23.3 Å². The zero-order valence-corrected chi connectivity index (χ0v) is 7.36. The molecule has 0 aromatic heterocycles. The Morgan fingerprint density at radius 1 is 1.23 bits per heavy atom. The van der Waals surface area contributed by atoms with Gasteiger partial charge in [-0.25, -0.2) is 0 Å². The van der Waals surface area contributed by atoms with E-state index < -0.39 is 0 Å². The molecule has 3 rings (SSSR count). The summed E-state index contributed by atoms with van der Waals surface area (Å²) in [6, 6.07) is 6.10. The number of benzene rings is 1. The van der Waals surface area contributed by atoms with Crippen LogP contribution in [0.3, 0.4) is 0 Å². The maximum Gasteiger partial charge on any atom is 0.125 e. The number of hydrogen-bond acceptors (Lipinski definition) is 2. The minimum atomic E-state index is 0.121. The summed E-state index contributed by atoms with van der Waals surface area (Å²) in [7, 11) is 1.70. The van der Waals surface area contributed by atoms with Gasteiger partial charge in [0.1, 0.15) is 18.0 Å². The minimum Gasteiger partial charge on any atom is -0.496 e. The normalized spacial score (nSPS) is 27.8. The van der Waals surface area contributed by atoms with Crippen LogP contribution in [0.25, 0.3) is 0 Å². The minimum absolute atomic E-state index is 0.121. The third-order valence-corrected chi connectivity index (χ3v) is 2.66. The van der Waals surface area contributed by atoms with Crippen molar-refractivity contribution in [1.82, 2.24) is 0 Å². The van der Waals surface area contributed by atoms with Gasteiger partial charge in [0, 0.05) is 5.56 Å². The standard InChI is InChI=1S/C11H10O2/c1-12-9-4-2-3-7-8-5-6-10(13-8)11(7)9/h2-6,8,10H,1H3/t8-,10+/m1/s1. The van der Waals surface area contributed by atoms with Crippen molar-refractivity contribution < 1.29 is 9.47 Å². The van der Waals surface area contributed by atoms with Gasteiger partial charge in [-0.05, 0) is 11.6 Å². The van der Waals surface area contributed by atoms with Crippen LogP contribution in [0, 0.1) is 0 Å². The Bertz CT molecular complexity index is 382. The van der Waals surface area contributed by atoms with Crippen molar-refractivity contribution in [3.63, 3.8) is 0 Å². The van der Waals surface area contributed by atoms with Gasteiger partial charge in [-0.2, -0.15) is 0 Å². The first-order valence-electron chi connectivity index (χ1n) is 4.41. The predicted molar refractivity (Wildman–Crippen MR) is 48.7 cm³/mol. The molecule has 1 aromatic carbocycles. The molecule has 0 amide bonds. The van der Waals surface area contributed by atoms with Crippen molar-refractivity contribution in [2.75, 3.05) is 7.11 Å². The average molecular weight is 174 g/mol. The van der Waals surface area contributed by atoms with Gasteiger partial charge in [0.25, 0.3) is 0 Å². The van der Waals surface area contributed by atoms with E-state index >= 15 is 0 Å². The van der Waals surface area contributed by atoms with E-state index in [2.05, 4.69) is 18.2 Å². The molecule has 2 heteroatoms. The van der Waals surface area contributed by atoms with Crippen LogP contribution in [0.2, 0.25) is 0 Å². The van der Waals surface area contributed by atoms with E-state index in [1.165, 1.54) is 11.1 Å². The molecule has 0 spiro atoms. The second kappa shape index (κ2) is 2.36. The first-order chi connectivity index (χ1) is 6.40. The summed E-state index contributed by atoms with van der Waals surface area (Å²) in [5.41, 5.74) is 2.46. The highest BCUT2D eigenvalue weighted by Gasteiger charge is 2.35. The fourth-order valence-electron chi connectivity index (χ4n) is 2.08. The van der Waals surface area contributed by atoms with Gasteiger partial charge in [-0.1, -0.05) is 24.3 Å². The molecule has 0 saturated heterocycles. The Kier molecular flexibility index (Phi) is 1.30. The molecule has 1 aromatic rings. The smallest absolute Gasteiger partial charge is 0.125 e. The van der Waals surface area contributed by atoms with Gasteiger partial charge >= 0.3 is 0 Å². The van der Waals surface area contributed by atoms with Gasteiger partial charge in [0.15, 0.2) is 0 Å². The first-order valence-corrected chi connectivity index (χ1v) is 4.41. The maximum absolute atomic E-state index is 5.69. The molecule has 0 saturated carbocycles. The molecular weight excluding hydrogens is 164 g/mol. The van der Waals surface area contributed by atoms with Crippen LogP contribution >= 0.6 is 0 Å². The molecule has 2 aliphatic rings. The molecule has 0 N–H and O–H groups in total. The lowest BCUT2D eigenvalue weighted by atomic mass is 9.96. The lowest BCUT2D eigenvalue weighted by Gasteiger charge is -2.10. The summed E-state index contributed by atoms with van der Waals surface area (Å²) in [6.45, 7) is 0. The highest BCUT2D eigenvalue weighted by molar-refractivity contribution is 5.50.